The normalized spacial score (nSPS) is 17.2. The summed E-state index contributed by atoms with van der Waals surface area (Å²) in [6.07, 6.45) is 31.2. The number of allylic oxidation sites excluding steroid dienone is 10. The average molecular weight is 456 g/mol. The van der Waals surface area contributed by atoms with Crippen LogP contribution >= 0.6 is 0 Å². The first-order valence-electron chi connectivity index (χ1n) is 12.7. The van der Waals surface area contributed by atoms with Crippen molar-refractivity contribution in [1.29, 1.82) is 0 Å². The predicted molar refractivity (Wildman–Crippen MR) is 140 cm³/mol. The fraction of sp³-hybridized carbons (Fsp3) is 0.571. The van der Waals surface area contributed by atoms with Crippen LogP contribution in [0, 0.1) is 5.92 Å². The molecule has 0 radical (unpaired) electrons. The van der Waals surface area contributed by atoms with Gasteiger partial charge in [0.25, 0.3) is 0 Å². The molecule has 3 N–H and O–H groups in total. The topological polar surface area (TPSA) is 70.2 Å². The molecule has 5 heteroatoms. The second kappa shape index (κ2) is 21.4. The highest BCUT2D eigenvalue weighted by atomic mass is 16.2. The van der Waals surface area contributed by atoms with Crippen LogP contribution in [0.1, 0.15) is 71.1 Å². The van der Waals surface area contributed by atoms with Crippen LogP contribution in [0.2, 0.25) is 0 Å². The number of hydrogen-bond acceptors (Lipinski definition) is 3. The summed E-state index contributed by atoms with van der Waals surface area (Å²) in [4.78, 5) is 23.9. The quantitative estimate of drug-likeness (QED) is 0.210. The molecule has 2 amide bonds. The third kappa shape index (κ3) is 17.8. The van der Waals surface area contributed by atoms with E-state index in [1.807, 2.05) is 0 Å². The molecule has 33 heavy (non-hydrogen) atoms. The van der Waals surface area contributed by atoms with Crippen molar-refractivity contribution in [3.8, 4) is 0 Å². The smallest absolute Gasteiger partial charge is 0.224 e. The first kappa shape index (κ1) is 28.6. The van der Waals surface area contributed by atoms with Gasteiger partial charge in [0.2, 0.25) is 11.8 Å². The van der Waals surface area contributed by atoms with Crippen LogP contribution in [0.25, 0.3) is 0 Å². The van der Waals surface area contributed by atoms with Crippen LogP contribution in [0.4, 0.5) is 0 Å². The lowest BCUT2D eigenvalue weighted by Gasteiger charge is -2.21. The lowest BCUT2D eigenvalue weighted by Crippen LogP contribution is -2.42. The molecule has 0 aromatic carbocycles. The summed E-state index contributed by atoms with van der Waals surface area (Å²) in [5.74, 6) is 0.212. The minimum atomic E-state index is 0.0518. The van der Waals surface area contributed by atoms with Crippen molar-refractivity contribution in [2.45, 2.75) is 71.1 Å². The molecule has 0 saturated carbocycles. The molecule has 1 aliphatic rings. The van der Waals surface area contributed by atoms with Gasteiger partial charge < -0.3 is 16.0 Å². The minimum absolute atomic E-state index is 0.0518. The van der Waals surface area contributed by atoms with Crippen molar-refractivity contribution in [3.63, 3.8) is 0 Å². The zero-order chi connectivity index (χ0) is 23.8. The Morgan fingerprint density at radius 1 is 0.818 bits per heavy atom. The largest absolute Gasteiger partial charge is 0.354 e. The Hall–Kier alpha value is -2.40. The van der Waals surface area contributed by atoms with Gasteiger partial charge in [0.15, 0.2) is 0 Å². The monoisotopic (exact) mass is 455 g/mol. The third-order valence-electron chi connectivity index (χ3n) is 5.35. The molecule has 0 aliphatic carbocycles. The number of nitrogens with one attached hydrogen (secondary N) is 3. The van der Waals surface area contributed by atoms with Gasteiger partial charge in [0.05, 0.1) is 5.92 Å². The van der Waals surface area contributed by atoms with E-state index in [2.05, 4.69) is 83.6 Å². The standard InChI is InChI=1S/C28H45N3O2/c1-2-3-4-5-6-7-8-9-10-11-12-13-14-15-16-17-18-21-27(32)30-23-24-31-28(33)26-20-19-22-29-25-26/h3-4,6-7,9-10,12-13,15-16,26,29H,2,5,8,11,14,17-25H2,1H3,(H,30,32)(H,31,33). The highest BCUT2D eigenvalue weighted by Gasteiger charge is 2.20. The van der Waals surface area contributed by atoms with E-state index in [9.17, 15) is 9.59 Å². The lowest BCUT2D eigenvalue weighted by atomic mass is 9.99. The Bertz CT molecular complexity index is 656. The van der Waals surface area contributed by atoms with E-state index in [0.29, 0.717) is 19.5 Å². The van der Waals surface area contributed by atoms with Crippen LogP contribution in [0.5, 0.6) is 0 Å². The first-order chi connectivity index (χ1) is 16.2. The minimum Gasteiger partial charge on any atom is -0.354 e. The van der Waals surface area contributed by atoms with Gasteiger partial charge in [-0.25, -0.2) is 0 Å². The molecule has 1 heterocycles. The predicted octanol–water partition coefficient (Wildman–Crippen LogP) is 5.14. The summed E-state index contributed by atoms with van der Waals surface area (Å²) < 4.78 is 0. The molecule has 1 atom stereocenters. The lowest BCUT2D eigenvalue weighted by molar-refractivity contribution is -0.126. The third-order valence-corrected chi connectivity index (χ3v) is 5.35. The molecule has 1 fully saturated rings. The Morgan fingerprint density at radius 3 is 1.97 bits per heavy atom. The van der Waals surface area contributed by atoms with Gasteiger partial charge in [-0.3, -0.25) is 9.59 Å². The molecule has 184 valence electrons. The Labute approximate surface area is 201 Å². The number of piperidine rings is 1. The second-order valence-corrected chi connectivity index (χ2v) is 8.28. The zero-order valence-electron chi connectivity index (χ0n) is 20.6. The summed E-state index contributed by atoms with van der Waals surface area (Å²) in [5, 5.41) is 9.03. The molecule has 0 aromatic rings. The summed E-state index contributed by atoms with van der Waals surface area (Å²) in [5.41, 5.74) is 0. The van der Waals surface area contributed by atoms with Gasteiger partial charge in [0.1, 0.15) is 0 Å². The van der Waals surface area contributed by atoms with Gasteiger partial charge in [-0.05, 0) is 64.3 Å². The maximum atomic E-state index is 12.0. The van der Waals surface area contributed by atoms with Crippen LogP contribution in [-0.2, 0) is 9.59 Å². The Balaban J connectivity index is 1.92. The van der Waals surface area contributed by atoms with Crippen LogP contribution < -0.4 is 16.0 Å². The number of carbonyl (C=O) groups is 2. The summed E-state index contributed by atoms with van der Waals surface area (Å²) in [6, 6.07) is 0. The molecule has 1 unspecified atom stereocenters. The summed E-state index contributed by atoms with van der Waals surface area (Å²) in [6.45, 7) is 4.90. The fourth-order valence-electron chi connectivity index (χ4n) is 3.45. The van der Waals surface area contributed by atoms with Gasteiger partial charge >= 0.3 is 0 Å². The van der Waals surface area contributed by atoms with Gasteiger partial charge in [0, 0.05) is 26.1 Å². The maximum Gasteiger partial charge on any atom is 0.224 e. The van der Waals surface area contributed by atoms with E-state index in [0.717, 1.165) is 70.9 Å². The Morgan fingerprint density at radius 2 is 1.39 bits per heavy atom. The number of rotatable bonds is 17. The van der Waals surface area contributed by atoms with Crippen molar-refractivity contribution >= 4 is 11.8 Å². The van der Waals surface area contributed by atoms with Crippen LogP contribution in [0.3, 0.4) is 0 Å². The van der Waals surface area contributed by atoms with Crippen molar-refractivity contribution in [2.75, 3.05) is 26.2 Å². The van der Waals surface area contributed by atoms with E-state index in [-0.39, 0.29) is 17.7 Å². The van der Waals surface area contributed by atoms with Crippen molar-refractivity contribution < 1.29 is 9.59 Å². The molecule has 1 saturated heterocycles. The van der Waals surface area contributed by atoms with Crippen LogP contribution in [-0.4, -0.2) is 38.0 Å². The molecule has 1 aliphatic heterocycles. The molecule has 1 rings (SSSR count). The van der Waals surface area contributed by atoms with E-state index in [1.165, 1.54) is 0 Å². The van der Waals surface area contributed by atoms with Crippen LogP contribution in [0.15, 0.2) is 60.8 Å². The van der Waals surface area contributed by atoms with Crippen molar-refractivity contribution in [3.05, 3.63) is 60.8 Å². The van der Waals surface area contributed by atoms with E-state index < -0.39 is 0 Å². The fourth-order valence-corrected chi connectivity index (χ4v) is 3.45. The van der Waals surface area contributed by atoms with Crippen molar-refractivity contribution in [2.24, 2.45) is 5.92 Å². The SMILES string of the molecule is CCC=CCC=CCC=CCC=CCC=CCCCC(=O)NCCNC(=O)C1CCCNC1. The molecule has 0 aromatic heterocycles. The van der Waals surface area contributed by atoms with Gasteiger partial charge in [-0.15, -0.1) is 0 Å². The summed E-state index contributed by atoms with van der Waals surface area (Å²) >= 11 is 0. The highest BCUT2D eigenvalue weighted by molar-refractivity contribution is 5.79. The van der Waals surface area contributed by atoms with Gasteiger partial charge in [-0.1, -0.05) is 67.7 Å². The zero-order valence-corrected chi connectivity index (χ0v) is 20.6. The Kier molecular flexibility index (Phi) is 18.6. The molecule has 0 spiro atoms. The average Bonchev–Trinajstić information content (AvgIpc) is 2.84. The number of amides is 2. The molecular weight excluding hydrogens is 410 g/mol. The van der Waals surface area contributed by atoms with Gasteiger partial charge in [-0.2, -0.15) is 0 Å². The maximum absolute atomic E-state index is 12.0. The molecule has 0 bridgehead atoms. The second-order valence-electron chi connectivity index (χ2n) is 8.28. The van der Waals surface area contributed by atoms with E-state index >= 15 is 0 Å². The molecule has 5 nitrogen and oxygen atoms in total. The number of unbranched alkanes of at least 4 members (excludes halogenated alkanes) is 1. The summed E-state index contributed by atoms with van der Waals surface area (Å²) in [7, 11) is 0. The number of carbonyl (C=O) groups excluding carboxylic acids is 2. The molecular formula is C28H45N3O2. The first-order valence-corrected chi connectivity index (χ1v) is 12.7. The van der Waals surface area contributed by atoms with Crippen molar-refractivity contribution in [1.82, 2.24) is 16.0 Å². The van der Waals surface area contributed by atoms with E-state index in [1.54, 1.807) is 0 Å². The highest BCUT2D eigenvalue weighted by Crippen LogP contribution is 2.09. The van der Waals surface area contributed by atoms with E-state index in [4.69, 9.17) is 0 Å². The number of hydrogen-bond donors (Lipinski definition) is 3.